The molecule has 0 aliphatic carbocycles. The number of azide groups is 2. The molecule has 6 N–H and O–H groups in total. The molecule has 0 bridgehead atoms. The highest BCUT2D eigenvalue weighted by Gasteiger charge is 2.14. The minimum atomic E-state index is -0.241. The molecule has 0 saturated carbocycles. The molecule has 2 heterocycles. The van der Waals surface area contributed by atoms with Crippen LogP contribution in [0.3, 0.4) is 0 Å². The summed E-state index contributed by atoms with van der Waals surface area (Å²) in [5.74, 6) is 5.23. The van der Waals surface area contributed by atoms with Gasteiger partial charge in [0.1, 0.15) is 11.6 Å². The van der Waals surface area contributed by atoms with Crippen molar-refractivity contribution < 1.29 is 10.2 Å². The number of azo groups is 1. The summed E-state index contributed by atoms with van der Waals surface area (Å²) >= 11 is 0. The Morgan fingerprint density at radius 3 is 2.44 bits per heavy atom. The Morgan fingerprint density at radius 1 is 1.09 bits per heavy atom. The Labute approximate surface area is 178 Å². The number of anilines is 1. The molecule has 0 fully saturated rings. The van der Waals surface area contributed by atoms with Crippen LogP contribution >= 0.6 is 0 Å². The van der Waals surface area contributed by atoms with Crippen molar-refractivity contribution >= 4 is 23.8 Å². The second-order valence-electron chi connectivity index (χ2n) is 5.38. The van der Waals surface area contributed by atoms with Crippen LogP contribution in [0.1, 0.15) is 5.82 Å². The predicted molar refractivity (Wildman–Crippen MR) is 108 cm³/mol. The van der Waals surface area contributed by atoms with Crippen LogP contribution in [0.4, 0.5) is 17.8 Å². The van der Waals surface area contributed by atoms with Crippen LogP contribution in [-0.2, 0) is 13.1 Å². The van der Waals surface area contributed by atoms with Crippen LogP contribution in [-0.4, -0.2) is 65.5 Å². The lowest BCUT2D eigenvalue weighted by molar-refractivity contribution is 0.266. The van der Waals surface area contributed by atoms with Crippen molar-refractivity contribution in [2.24, 2.45) is 31.4 Å². The average Bonchev–Trinajstić information content (AvgIpc) is 3.35. The average molecular weight is 446 g/mol. The molecule has 0 radical (unpaired) electrons. The fraction of sp³-hybridized carbons (Fsp3) is 0.417. The SMILES string of the molecule is C=C(N=N/C(=N\N)n1nc(N=[N+]=[N-])nc1NCCO)NCc1nc(N=[N+]=[N-])nn1CCO. The van der Waals surface area contributed by atoms with Gasteiger partial charge in [-0.15, -0.1) is 25.5 Å². The van der Waals surface area contributed by atoms with Gasteiger partial charge >= 0.3 is 0 Å². The number of aliphatic hydroxyl groups is 2. The molecule has 2 aromatic heterocycles. The Hall–Kier alpha value is -4.77. The first kappa shape index (κ1) is 23.5. The summed E-state index contributed by atoms with van der Waals surface area (Å²) in [5, 5.41) is 49.2. The van der Waals surface area contributed by atoms with Crippen molar-refractivity contribution in [1.29, 1.82) is 0 Å². The zero-order valence-electron chi connectivity index (χ0n) is 16.4. The quantitative estimate of drug-likeness (QED) is 0.0586. The van der Waals surface area contributed by atoms with Crippen LogP contribution < -0.4 is 16.5 Å². The molecule has 0 atom stereocenters. The lowest BCUT2D eigenvalue weighted by atomic mass is 10.5. The van der Waals surface area contributed by atoms with Gasteiger partial charge in [0.25, 0.3) is 5.96 Å². The maximum atomic E-state index is 9.11. The largest absolute Gasteiger partial charge is 0.395 e. The molecule has 0 aliphatic heterocycles. The first-order chi connectivity index (χ1) is 15.6. The monoisotopic (exact) mass is 446 g/mol. The van der Waals surface area contributed by atoms with Gasteiger partial charge in [-0.25, -0.2) is 9.67 Å². The van der Waals surface area contributed by atoms with Gasteiger partial charge in [0.05, 0.1) is 26.3 Å². The van der Waals surface area contributed by atoms with E-state index in [-0.39, 0.29) is 62.5 Å². The minimum Gasteiger partial charge on any atom is -0.395 e. The molecular weight excluding hydrogens is 428 g/mol. The third kappa shape index (κ3) is 6.37. The third-order valence-electron chi connectivity index (χ3n) is 3.32. The van der Waals surface area contributed by atoms with E-state index in [4.69, 9.17) is 27.1 Å². The van der Waals surface area contributed by atoms with E-state index in [1.54, 1.807) is 0 Å². The highest BCUT2D eigenvalue weighted by molar-refractivity contribution is 5.84. The van der Waals surface area contributed by atoms with E-state index in [0.29, 0.717) is 5.82 Å². The number of nitrogens with one attached hydrogen (secondary N) is 2. The molecule has 20 heteroatoms. The zero-order chi connectivity index (χ0) is 23.3. The van der Waals surface area contributed by atoms with Crippen molar-refractivity contribution in [2.75, 3.05) is 25.1 Å². The highest BCUT2D eigenvalue weighted by atomic mass is 16.3. The molecule has 168 valence electrons. The first-order valence-corrected chi connectivity index (χ1v) is 8.65. The van der Waals surface area contributed by atoms with Gasteiger partial charge in [-0.05, 0) is 21.3 Å². The van der Waals surface area contributed by atoms with Gasteiger partial charge in [0, 0.05) is 16.4 Å². The molecule has 0 amide bonds. The van der Waals surface area contributed by atoms with E-state index in [0.717, 1.165) is 4.68 Å². The summed E-state index contributed by atoms with van der Waals surface area (Å²) in [4.78, 5) is 13.1. The van der Waals surface area contributed by atoms with E-state index >= 15 is 0 Å². The van der Waals surface area contributed by atoms with Gasteiger partial charge in [-0.1, -0.05) is 6.58 Å². The summed E-state index contributed by atoms with van der Waals surface area (Å²) in [6, 6.07) is 0. The molecule has 20 nitrogen and oxygen atoms in total. The second kappa shape index (κ2) is 12.0. The number of nitrogens with zero attached hydrogens (tertiary/aromatic N) is 15. The van der Waals surface area contributed by atoms with Gasteiger partial charge in [0.15, 0.2) is 0 Å². The van der Waals surface area contributed by atoms with Crippen LogP contribution in [0.5, 0.6) is 0 Å². The number of nitrogens with two attached hydrogens (primary N) is 1. The Bertz CT molecular complexity index is 1080. The topological polar surface area (TPSA) is 287 Å². The zero-order valence-corrected chi connectivity index (χ0v) is 16.4. The minimum absolute atomic E-state index is 0.0471. The normalized spacial score (nSPS) is 11.1. The van der Waals surface area contributed by atoms with Crippen molar-refractivity contribution in [3.8, 4) is 0 Å². The number of hydrogen-bond donors (Lipinski definition) is 5. The molecule has 0 aliphatic rings. The van der Waals surface area contributed by atoms with Gasteiger partial charge in [-0.3, -0.25) is 0 Å². The fourth-order valence-electron chi connectivity index (χ4n) is 2.10. The third-order valence-corrected chi connectivity index (χ3v) is 3.32. The Balaban J connectivity index is 2.12. The van der Waals surface area contributed by atoms with E-state index in [9.17, 15) is 0 Å². The molecular formula is C12H18N18O2. The molecule has 0 unspecified atom stereocenters. The van der Waals surface area contributed by atoms with Gasteiger partial charge < -0.3 is 26.7 Å². The molecule has 32 heavy (non-hydrogen) atoms. The van der Waals surface area contributed by atoms with Gasteiger partial charge in [-0.2, -0.15) is 9.67 Å². The summed E-state index contributed by atoms with van der Waals surface area (Å²) in [5.41, 5.74) is 17.0. The lowest BCUT2D eigenvalue weighted by Gasteiger charge is -2.07. The second-order valence-corrected chi connectivity index (χ2v) is 5.38. The number of aromatic nitrogens is 6. The number of hydrazone groups is 1. The molecule has 2 rings (SSSR count). The summed E-state index contributed by atoms with van der Waals surface area (Å²) in [6.45, 7) is 3.58. The fourth-order valence-corrected chi connectivity index (χ4v) is 2.10. The highest BCUT2D eigenvalue weighted by Crippen LogP contribution is 2.13. The maximum Gasteiger partial charge on any atom is 0.289 e. The van der Waals surface area contributed by atoms with Crippen molar-refractivity contribution in [2.45, 2.75) is 13.1 Å². The van der Waals surface area contributed by atoms with Crippen LogP contribution in [0.2, 0.25) is 0 Å². The van der Waals surface area contributed by atoms with E-state index in [1.165, 1.54) is 4.68 Å². The van der Waals surface area contributed by atoms with E-state index in [1.807, 2.05) is 0 Å². The number of aliphatic hydroxyl groups excluding tert-OH is 2. The number of hydrogen-bond acceptors (Lipinski definition) is 13. The van der Waals surface area contributed by atoms with E-state index < -0.39 is 0 Å². The summed E-state index contributed by atoms with van der Waals surface area (Å²) < 4.78 is 2.36. The number of rotatable bonds is 11. The molecule has 0 aromatic carbocycles. The lowest BCUT2D eigenvalue weighted by Crippen LogP contribution is -2.19. The van der Waals surface area contributed by atoms with Crippen molar-refractivity contribution in [3.63, 3.8) is 0 Å². The van der Waals surface area contributed by atoms with Crippen LogP contribution in [0.15, 0.2) is 38.0 Å². The summed E-state index contributed by atoms with van der Waals surface area (Å²) in [7, 11) is 0. The van der Waals surface area contributed by atoms with Crippen LogP contribution in [0.25, 0.3) is 20.9 Å². The smallest absolute Gasteiger partial charge is 0.289 e. The maximum absolute atomic E-state index is 9.11. The van der Waals surface area contributed by atoms with Crippen LogP contribution in [0, 0.1) is 0 Å². The van der Waals surface area contributed by atoms with E-state index in [2.05, 4.69) is 72.8 Å². The molecule has 2 aromatic rings. The Morgan fingerprint density at radius 2 is 1.81 bits per heavy atom. The summed E-state index contributed by atoms with van der Waals surface area (Å²) in [6.07, 6.45) is 0. The molecule has 0 spiro atoms. The Kier molecular flexibility index (Phi) is 8.85. The predicted octanol–water partition coefficient (Wildman–Crippen LogP) is -0.0593. The first-order valence-electron chi connectivity index (χ1n) is 8.65. The standard InChI is InChI=1S/C12H18N18O2/c1-7(17-6-8-18-9(22-27-14)25-29(8)3-5-32)21-24-12(20-13)30-11(16-2-4-31)19-10(26-30)23-28-15/h17,31-32H,1-6,13H2,(H,16,19,26)/b20-12+,24-21?. The molecule has 0 saturated heterocycles. The van der Waals surface area contributed by atoms with Crippen molar-refractivity contribution in [3.05, 3.63) is 39.1 Å². The van der Waals surface area contributed by atoms with Crippen molar-refractivity contribution in [1.82, 2.24) is 34.8 Å². The van der Waals surface area contributed by atoms with Gasteiger partial charge in [0.2, 0.25) is 17.8 Å².